The molecule has 1 aromatic heterocycles. The summed E-state index contributed by atoms with van der Waals surface area (Å²) in [4.78, 5) is 12.0. The van der Waals surface area contributed by atoms with Crippen LogP contribution in [-0.2, 0) is 21.2 Å². The number of nitrogens with zero attached hydrogens (tertiary/aromatic N) is 2. The van der Waals surface area contributed by atoms with Crippen LogP contribution in [0.5, 0.6) is 0 Å². The number of halogens is 1. The highest BCUT2D eigenvalue weighted by Crippen LogP contribution is 2.18. The maximum absolute atomic E-state index is 12.0. The Morgan fingerprint density at radius 3 is 2.79 bits per heavy atom. The molecule has 0 atom stereocenters. The average Bonchev–Trinajstić information content (AvgIpc) is 3.00. The van der Waals surface area contributed by atoms with E-state index in [4.69, 9.17) is 0 Å². The topological polar surface area (TPSA) is 93.1 Å². The lowest BCUT2D eigenvalue weighted by Crippen LogP contribution is -2.28. The van der Waals surface area contributed by atoms with E-state index in [-0.39, 0.29) is 29.8 Å². The van der Waals surface area contributed by atoms with Crippen molar-refractivity contribution in [3.8, 4) is 0 Å². The Morgan fingerprint density at radius 1 is 1.42 bits per heavy atom. The Hall–Kier alpha value is -1.12. The van der Waals surface area contributed by atoms with Crippen molar-refractivity contribution in [1.82, 2.24) is 15.1 Å². The molecule has 7 nitrogen and oxygen atoms in total. The second-order valence-electron chi connectivity index (χ2n) is 5.98. The second kappa shape index (κ2) is 10.0. The van der Waals surface area contributed by atoms with Crippen molar-refractivity contribution in [2.24, 2.45) is 5.92 Å². The number of piperidine rings is 1. The van der Waals surface area contributed by atoms with Gasteiger partial charge in [0.1, 0.15) is 0 Å². The van der Waals surface area contributed by atoms with Gasteiger partial charge in [-0.05, 0) is 38.3 Å². The third-order valence-corrected chi connectivity index (χ3v) is 5.90. The minimum Gasteiger partial charge on any atom is -0.317 e. The second-order valence-corrected chi connectivity index (χ2v) is 8.45. The molecule has 2 heterocycles. The van der Waals surface area contributed by atoms with Crippen molar-refractivity contribution < 1.29 is 13.2 Å². The molecule has 2 N–H and O–H groups in total. The number of carbonyl (C=O) groups is 1. The molecule has 1 amide bonds. The summed E-state index contributed by atoms with van der Waals surface area (Å²) in [5.74, 6) is 1.27. The van der Waals surface area contributed by atoms with Crippen LogP contribution < -0.4 is 10.6 Å². The largest absolute Gasteiger partial charge is 0.317 e. The maximum Gasteiger partial charge on any atom is 0.225 e. The van der Waals surface area contributed by atoms with E-state index in [9.17, 15) is 13.2 Å². The third-order valence-electron chi connectivity index (χ3n) is 4.22. The first-order chi connectivity index (χ1) is 11.0. The normalized spacial score (nSPS) is 15.7. The Labute approximate surface area is 149 Å². The molecule has 0 aromatic carbocycles. The summed E-state index contributed by atoms with van der Waals surface area (Å²) in [6, 6.07) is 1.70. The molecule has 0 unspecified atom stereocenters. The van der Waals surface area contributed by atoms with E-state index in [1.807, 2.05) is 0 Å². The molecule has 1 saturated heterocycles. The number of carbonyl (C=O) groups excluding carboxylic acids is 1. The minimum absolute atomic E-state index is 0. The molecule has 9 heteroatoms. The molecule has 0 aliphatic carbocycles. The Balaban J connectivity index is 0.00000288. The van der Waals surface area contributed by atoms with Crippen molar-refractivity contribution >= 4 is 34.0 Å². The van der Waals surface area contributed by atoms with Gasteiger partial charge in [-0.1, -0.05) is 6.92 Å². The molecule has 24 heavy (non-hydrogen) atoms. The Bertz CT molecular complexity index is 612. The van der Waals surface area contributed by atoms with Gasteiger partial charge in [-0.3, -0.25) is 9.48 Å². The quantitative estimate of drug-likeness (QED) is 0.714. The molecule has 1 aliphatic rings. The van der Waals surface area contributed by atoms with E-state index < -0.39 is 9.84 Å². The first-order valence-electron chi connectivity index (χ1n) is 8.23. The number of hydrogen-bond donors (Lipinski definition) is 2. The summed E-state index contributed by atoms with van der Waals surface area (Å²) in [5.41, 5.74) is 0. The van der Waals surface area contributed by atoms with E-state index in [2.05, 4.69) is 15.7 Å². The van der Waals surface area contributed by atoms with Gasteiger partial charge < -0.3 is 10.6 Å². The summed E-state index contributed by atoms with van der Waals surface area (Å²) in [6.45, 7) is 4.02. The number of nitrogens with one attached hydrogen (secondary N) is 2. The van der Waals surface area contributed by atoms with Crippen molar-refractivity contribution in [3.05, 3.63) is 12.3 Å². The fourth-order valence-electron chi connectivity index (χ4n) is 2.64. The zero-order valence-corrected chi connectivity index (χ0v) is 15.7. The van der Waals surface area contributed by atoms with Crippen LogP contribution in [0, 0.1) is 5.92 Å². The Kier molecular flexibility index (Phi) is 8.72. The fraction of sp³-hybridized carbons (Fsp3) is 0.733. The number of hydrogen-bond acceptors (Lipinski definition) is 5. The van der Waals surface area contributed by atoms with E-state index in [1.165, 1.54) is 0 Å². The van der Waals surface area contributed by atoms with Gasteiger partial charge in [0.2, 0.25) is 5.91 Å². The number of amides is 1. The van der Waals surface area contributed by atoms with Crippen LogP contribution in [0.4, 0.5) is 5.82 Å². The van der Waals surface area contributed by atoms with Crippen LogP contribution in [0.3, 0.4) is 0 Å². The van der Waals surface area contributed by atoms with Crippen molar-refractivity contribution in [1.29, 1.82) is 0 Å². The predicted molar refractivity (Wildman–Crippen MR) is 97.3 cm³/mol. The van der Waals surface area contributed by atoms with Gasteiger partial charge >= 0.3 is 0 Å². The number of aromatic nitrogens is 2. The molecule has 1 aromatic rings. The molecular formula is C15H27ClN4O3S. The number of sulfone groups is 1. The molecule has 0 saturated carbocycles. The van der Waals surface area contributed by atoms with Gasteiger partial charge in [0, 0.05) is 24.4 Å². The van der Waals surface area contributed by atoms with Crippen LogP contribution in [0.2, 0.25) is 0 Å². The molecule has 0 radical (unpaired) electrons. The SMILES string of the molecule is CCS(=O)(=O)CCn1ccc(NC(=O)CCC2CCNCC2)n1.Cl. The van der Waals surface area contributed by atoms with Crippen molar-refractivity contribution in [2.75, 3.05) is 29.9 Å². The molecule has 1 fully saturated rings. The molecule has 138 valence electrons. The summed E-state index contributed by atoms with van der Waals surface area (Å²) in [5, 5.41) is 10.3. The first kappa shape index (κ1) is 20.9. The smallest absolute Gasteiger partial charge is 0.225 e. The molecule has 0 bridgehead atoms. The highest BCUT2D eigenvalue weighted by molar-refractivity contribution is 7.91. The number of anilines is 1. The van der Waals surface area contributed by atoms with Crippen LogP contribution in [0.15, 0.2) is 12.3 Å². The summed E-state index contributed by atoms with van der Waals surface area (Å²) in [7, 11) is -3.01. The molecular weight excluding hydrogens is 352 g/mol. The monoisotopic (exact) mass is 378 g/mol. The summed E-state index contributed by atoms with van der Waals surface area (Å²) < 4.78 is 24.5. The maximum atomic E-state index is 12.0. The third kappa shape index (κ3) is 7.19. The summed E-state index contributed by atoms with van der Waals surface area (Å²) in [6.07, 6.45) is 5.36. The van der Waals surface area contributed by atoms with E-state index >= 15 is 0 Å². The zero-order chi connectivity index (χ0) is 16.7. The average molecular weight is 379 g/mol. The standard InChI is InChI=1S/C15H26N4O3S.ClH/c1-2-23(21,22)12-11-19-10-7-14(18-19)17-15(20)4-3-13-5-8-16-9-6-13;/h7,10,13,16H,2-6,8-9,11-12H2,1H3,(H,17,18,20);1H. The van der Waals surface area contributed by atoms with E-state index in [0.29, 0.717) is 24.7 Å². The highest BCUT2D eigenvalue weighted by Gasteiger charge is 2.15. The van der Waals surface area contributed by atoms with Crippen LogP contribution >= 0.6 is 12.4 Å². The van der Waals surface area contributed by atoms with E-state index in [1.54, 1.807) is 23.9 Å². The first-order valence-corrected chi connectivity index (χ1v) is 10.0. The number of aryl methyl sites for hydroxylation is 1. The minimum atomic E-state index is -3.01. The predicted octanol–water partition coefficient (Wildman–Crippen LogP) is 1.46. The molecule has 2 rings (SSSR count). The van der Waals surface area contributed by atoms with E-state index in [0.717, 1.165) is 32.4 Å². The van der Waals surface area contributed by atoms with Gasteiger partial charge in [0.15, 0.2) is 15.7 Å². The van der Waals surface area contributed by atoms with Gasteiger partial charge in [-0.25, -0.2) is 8.42 Å². The fourth-order valence-corrected chi connectivity index (χ4v) is 3.39. The number of rotatable bonds is 8. The Morgan fingerprint density at radius 2 is 2.12 bits per heavy atom. The zero-order valence-electron chi connectivity index (χ0n) is 14.0. The lowest BCUT2D eigenvalue weighted by atomic mass is 9.93. The van der Waals surface area contributed by atoms with Crippen LogP contribution in [0.1, 0.15) is 32.6 Å². The van der Waals surface area contributed by atoms with Gasteiger partial charge in [0.25, 0.3) is 0 Å². The van der Waals surface area contributed by atoms with Crippen molar-refractivity contribution in [3.63, 3.8) is 0 Å². The van der Waals surface area contributed by atoms with Crippen molar-refractivity contribution in [2.45, 2.75) is 39.2 Å². The summed E-state index contributed by atoms with van der Waals surface area (Å²) >= 11 is 0. The van der Waals surface area contributed by atoms with Crippen LogP contribution in [-0.4, -0.2) is 48.7 Å². The molecule has 1 aliphatic heterocycles. The highest BCUT2D eigenvalue weighted by atomic mass is 35.5. The lowest BCUT2D eigenvalue weighted by Gasteiger charge is -2.21. The van der Waals surface area contributed by atoms with Gasteiger partial charge in [-0.2, -0.15) is 5.10 Å². The lowest BCUT2D eigenvalue weighted by molar-refractivity contribution is -0.116. The van der Waals surface area contributed by atoms with Gasteiger partial charge in [0.05, 0.1) is 12.3 Å². The van der Waals surface area contributed by atoms with Crippen LogP contribution in [0.25, 0.3) is 0 Å². The van der Waals surface area contributed by atoms with Gasteiger partial charge in [-0.15, -0.1) is 12.4 Å². The molecule has 0 spiro atoms.